The van der Waals surface area contributed by atoms with Crippen molar-refractivity contribution < 1.29 is 4.79 Å². The molecule has 1 atom stereocenters. The molecule has 5 nitrogen and oxygen atoms in total. The van der Waals surface area contributed by atoms with E-state index in [9.17, 15) is 4.79 Å². The van der Waals surface area contributed by atoms with Gasteiger partial charge in [-0.2, -0.15) is 0 Å². The van der Waals surface area contributed by atoms with Crippen LogP contribution in [0.5, 0.6) is 0 Å². The van der Waals surface area contributed by atoms with Crippen molar-refractivity contribution in [2.45, 2.75) is 13.0 Å². The molecule has 0 unspecified atom stereocenters. The van der Waals surface area contributed by atoms with Crippen molar-refractivity contribution >= 4 is 29.0 Å². The highest BCUT2D eigenvalue weighted by Gasteiger charge is 2.30. The zero-order chi connectivity index (χ0) is 16.4. The molecule has 0 saturated carbocycles. The lowest BCUT2D eigenvalue weighted by Gasteiger charge is -2.37. The van der Waals surface area contributed by atoms with Crippen LogP contribution in [0.3, 0.4) is 0 Å². The van der Waals surface area contributed by atoms with Crippen molar-refractivity contribution in [3.63, 3.8) is 0 Å². The monoisotopic (exact) mass is 328 g/mol. The van der Waals surface area contributed by atoms with E-state index in [4.69, 9.17) is 17.4 Å². The van der Waals surface area contributed by atoms with Crippen molar-refractivity contribution in [2.75, 3.05) is 6.54 Å². The quantitative estimate of drug-likeness (QED) is 0.517. The first-order valence-corrected chi connectivity index (χ1v) is 7.63. The Morgan fingerprint density at radius 1 is 1.30 bits per heavy atom. The van der Waals surface area contributed by atoms with E-state index in [1.165, 1.54) is 0 Å². The Morgan fingerprint density at radius 3 is 2.74 bits per heavy atom. The molecular formula is C17H17ClN4O. The molecule has 23 heavy (non-hydrogen) atoms. The number of rotatable bonds is 3. The minimum absolute atomic E-state index is 0.113. The van der Waals surface area contributed by atoms with Crippen molar-refractivity contribution in [3.8, 4) is 0 Å². The van der Waals surface area contributed by atoms with Crippen LogP contribution in [-0.4, -0.2) is 23.2 Å². The number of hydrazine groups is 1. The van der Waals surface area contributed by atoms with Gasteiger partial charge in [-0.3, -0.25) is 10.2 Å². The van der Waals surface area contributed by atoms with E-state index in [-0.39, 0.29) is 18.5 Å². The lowest BCUT2D eigenvalue weighted by molar-refractivity contribution is -0.121. The maximum atomic E-state index is 11.8. The molecule has 1 amide bonds. The normalized spacial score (nSPS) is 16.6. The molecule has 0 aliphatic carbocycles. The van der Waals surface area contributed by atoms with Crippen LogP contribution in [0.2, 0.25) is 5.02 Å². The molecule has 0 radical (unpaired) electrons. The number of nitrogens with one attached hydrogen (secondary N) is 1. The Morgan fingerprint density at radius 2 is 2.04 bits per heavy atom. The summed E-state index contributed by atoms with van der Waals surface area (Å²) in [6.45, 7) is 2.01. The predicted molar refractivity (Wildman–Crippen MR) is 91.5 cm³/mol. The predicted octanol–water partition coefficient (Wildman–Crippen LogP) is 2.78. The number of hydrogen-bond acceptors (Lipinski definition) is 4. The fraction of sp³-hybridized carbons (Fsp3) is 0.176. The van der Waals surface area contributed by atoms with Gasteiger partial charge in [0.05, 0.1) is 11.7 Å². The van der Waals surface area contributed by atoms with Crippen LogP contribution >= 0.6 is 11.6 Å². The minimum atomic E-state index is -0.266. The minimum Gasteiger partial charge on any atom is -0.340 e. The molecule has 0 bridgehead atoms. The van der Waals surface area contributed by atoms with Gasteiger partial charge in [0, 0.05) is 10.6 Å². The summed E-state index contributed by atoms with van der Waals surface area (Å²) in [7, 11) is 0. The summed E-state index contributed by atoms with van der Waals surface area (Å²) in [5.74, 6) is 5.73. The van der Waals surface area contributed by atoms with Gasteiger partial charge in [-0.05, 0) is 24.6 Å². The van der Waals surface area contributed by atoms with E-state index in [0.29, 0.717) is 5.02 Å². The number of carbonyl (C=O) groups excluding carboxylic acids is 1. The number of amidine groups is 1. The molecule has 118 valence electrons. The first kappa shape index (κ1) is 15.5. The Hall–Kier alpha value is -2.37. The van der Waals surface area contributed by atoms with E-state index < -0.39 is 0 Å². The summed E-state index contributed by atoms with van der Waals surface area (Å²) in [6, 6.07) is 15.5. The van der Waals surface area contributed by atoms with Crippen LogP contribution < -0.4 is 11.3 Å². The Labute approximate surface area is 139 Å². The smallest absolute Gasteiger partial charge is 0.253 e. The van der Waals surface area contributed by atoms with E-state index in [1.807, 2.05) is 60.4 Å². The number of nitrogens with zero attached hydrogens (tertiary/aromatic N) is 2. The van der Waals surface area contributed by atoms with E-state index in [1.54, 1.807) is 0 Å². The standard InChI is InChI=1S/C17H17ClN4O/c1-11-20-15-9-13(18)7-8-14(15)17(12-5-3-2-4-6-12)22(11)10-16(23)21-19/h2-9,17H,10,19H2,1H3,(H,21,23)/t17-/m0/s1. The van der Waals surface area contributed by atoms with Crippen molar-refractivity contribution in [1.82, 2.24) is 10.3 Å². The highest BCUT2D eigenvalue weighted by molar-refractivity contribution is 6.30. The Balaban J connectivity index is 2.12. The van der Waals surface area contributed by atoms with Gasteiger partial charge in [-0.25, -0.2) is 10.8 Å². The maximum absolute atomic E-state index is 11.8. The third kappa shape index (κ3) is 3.06. The molecule has 0 fully saturated rings. The van der Waals surface area contributed by atoms with Crippen LogP contribution in [0, 0.1) is 0 Å². The first-order chi connectivity index (χ1) is 11.1. The number of benzene rings is 2. The summed E-state index contributed by atoms with van der Waals surface area (Å²) in [6.07, 6.45) is 0. The fourth-order valence-corrected chi connectivity index (χ4v) is 3.01. The van der Waals surface area contributed by atoms with Crippen LogP contribution in [-0.2, 0) is 4.79 Å². The number of amides is 1. The SMILES string of the molecule is CC1=Nc2cc(Cl)ccc2[C@H](c2ccccc2)N1CC(=O)NN. The van der Waals surface area contributed by atoms with Crippen molar-refractivity contribution in [3.05, 3.63) is 64.7 Å². The average Bonchev–Trinajstić information content (AvgIpc) is 2.56. The molecule has 2 aromatic rings. The fourth-order valence-electron chi connectivity index (χ4n) is 2.84. The second-order valence-corrected chi connectivity index (χ2v) is 5.81. The number of aliphatic imine (C=N–C) groups is 1. The molecule has 1 aliphatic heterocycles. The lowest BCUT2D eigenvalue weighted by Crippen LogP contribution is -2.45. The largest absolute Gasteiger partial charge is 0.340 e. The van der Waals surface area contributed by atoms with Crippen molar-refractivity contribution in [2.24, 2.45) is 10.8 Å². The summed E-state index contributed by atoms with van der Waals surface area (Å²) in [5.41, 5.74) is 5.10. The number of halogens is 1. The number of fused-ring (bicyclic) bond motifs is 1. The lowest BCUT2D eigenvalue weighted by atomic mass is 9.94. The summed E-state index contributed by atoms with van der Waals surface area (Å²) in [4.78, 5) is 18.3. The van der Waals surface area contributed by atoms with E-state index in [0.717, 1.165) is 22.6 Å². The number of nitrogens with two attached hydrogens (primary N) is 1. The highest BCUT2D eigenvalue weighted by atomic mass is 35.5. The molecule has 0 saturated heterocycles. The Bertz CT molecular complexity index is 760. The molecular weight excluding hydrogens is 312 g/mol. The topological polar surface area (TPSA) is 70.7 Å². The second kappa shape index (κ2) is 6.40. The zero-order valence-corrected chi connectivity index (χ0v) is 13.4. The number of carbonyl (C=O) groups is 1. The Kier molecular flexibility index (Phi) is 4.32. The second-order valence-electron chi connectivity index (χ2n) is 5.37. The van der Waals surface area contributed by atoms with Gasteiger partial charge in [-0.15, -0.1) is 0 Å². The van der Waals surface area contributed by atoms with Crippen molar-refractivity contribution in [1.29, 1.82) is 0 Å². The van der Waals surface area contributed by atoms with Gasteiger partial charge in [0.2, 0.25) is 0 Å². The molecule has 3 rings (SSSR count). The van der Waals surface area contributed by atoms with Gasteiger partial charge in [-0.1, -0.05) is 48.0 Å². The van der Waals surface area contributed by atoms with Crippen LogP contribution in [0.1, 0.15) is 24.1 Å². The third-order valence-corrected chi connectivity index (χ3v) is 4.12. The molecule has 0 spiro atoms. The zero-order valence-electron chi connectivity index (χ0n) is 12.7. The van der Waals surface area contributed by atoms with Gasteiger partial charge < -0.3 is 4.90 Å². The molecule has 0 aromatic heterocycles. The maximum Gasteiger partial charge on any atom is 0.253 e. The van der Waals surface area contributed by atoms with Crippen LogP contribution in [0.15, 0.2) is 53.5 Å². The molecule has 1 aliphatic rings. The molecule has 6 heteroatoms. The van der Waals surface area contributed by atoms with Gasteiger partial charge in [0.25, 0.3) is 5.91 Å². The van der Waals surface area contributed by atoms with Crippen LogP contribution in [0.4, 0.5) is 5.69 Å². The summed E-state index contributed by atoms with van der Waals surface area (Å²) >= 11 is 6.10. The van der Waals surface area contributed by atoms with Gasteiger partial charge >= 0.3 is 0 Å². The van der Waals surface area contributed by atoms with Gasteiger partial charge in [0.15, 0.2) is 0 Å². The summed E-state index contributed by atoms with van der Waals surface area (Å²) < 4.78 is 0. The van der Waals surface area contributed by atoms with E-state index >= 15 is 0 Å². The van der Waals surface area contributed by atoms with Gasteiger partial charge in [0.1, 0.15) is 12.4 Å². The van der Waals surface area contributed by atoms with Crippen LogP contribution in [0.25, 0.3) is 0 Å². The molecule has 3 N–H and O–H groups in total. The average molecular weight is 329 g/mol. The number of hydrogen-bond donors (Lipinski definition) is 2. The highest BCUT2D eigenvalue weighted by Crippen LogP contribution is 2.40. The molecule has 2 aromatic carbocycles. The third-order valence-electron chi connectivity index (χ3n) is 3.89. The molecule has 1 heterocycles. The first-order valence-electron chi connectivity index (χ1n) is 7.26. The van der Waals surface area contributed by atoms with E-state index in [2.05, 4.69) is 10.4 Å². The summed E-state index contributed by atoms with van der Waals surface area (Å²) in [5, 5.41) is 0.639.